The van der Waals surface area contributed by atoms with Gasteiger partial charge in [0.2, 0.25) is 0 Å². The van der Waals surface area contributed by atoms with Crippen LogP contribution in [0.15, 0.2) is 76.8 Å². The molecule has 1 aromatic heterocycles. The number of aliphatic imine (C=N–C) groups is 2. The first-order valence-corrected chi connectivity index (χ1v) is 9.82. The van der Waals surface area contributed by atoms with E-state index in [9.17, 15) is 4.79 Å². The van der Waals surface area contributed by atoms with Crippen molar-refractivity contribution in [2.75, 3.05) is 6.54 Å². The lowest BCUT2D eigenvalue weighted by Gasteiger charge is -2.06. The number of carboxylic acid groups (broad SMARTS) is 1. The Morgan fingerprint density at radius 3 is 2.03 bits per heavy atom. The van der Waals surface area contributed by atoms with Gasteiger partial charge >= 0.3 is 5.97 Å². The first-order chi connectivity index (χ1) is 14.9. The van der Waals surface area contributed by atoms with E-state index in [1.165, 1.54) is 5.56 Å². The Labute approximate surface area is 181 Å². The molecule has 3 aromatic rings. The third kappa shape index (κ3) is 6.50. The fourth-order valence-electron chi connectivity index (χ4n) is 2.91. The number of nitrogens with two attached hydrogens (primary N) is 2. The molecule has 0 saturated carbocycles. The van der Waals surface area contributed by atoms with Crippen LogP contribution in [0.2, 0.25) is 0 Å². The third-order valence-electron chi connectivity index (χ3n) is 4.69. The van der Waals surface area contributed by atoms with Gasteiger partial charge in [-0.15, -0.1) is 0 Å². The van der Waals surface area contributed by atoms with Gasteiger partial charge in [0.1, 0.15) is 18.2 Å². The molecule has 0 bridgehead atoms. The molecule has 0 aliphatic heterocycles. The van der Waals surface area contributed by atoms with Crippen LogP contribution in [-0.4, -0.2) is 34.3 Å². The molecule has 0 aliphatic rings. The summed E-state index contributed by atoms with van der Waals surface area (Å²) in [7, 11) is 0. The monoisotopic (exact) mass is 415 g/mol. The molecule has 0 unspecified atom stereocenters. The van der Waals surface area contributed by atoms with Crippen molar-refractivity contribution in [3.63, 3.8) is 0 Å². The number of aryl methyl sites for hydroxylation is 1. The summed E-state index contributed by atoms with van der Waals surface area (Å²) >= 11 is 0. The van der Waals surface area contributed by atoms with Crippen LogP contribution in [0.5, 0.6) is 0 Å². The SMILES string of the molecule is Cc1ccc(C(N)=NCc2ccc(Cc3ccc(C(N)=NCC(=O)O)cc3)cn2)cc1. The Morgan fingerprint density at radius 2 is 1.45 bits per heavy atom. The van der Waals surface area contributed by atoms with E-state index in [1.54, 1.807) is 0 Å². The van der Waals surface area contributed by atoms with Gasteiger partial charge < -0.3 is 16.6 Å². The van der Waals surface area contributed by atoms with E-state index in [2.05, 4.69) is 15.0 Å². The molecule has 31 heavy (non-hydrogen) atoms. The van der Waals surface area contributed by atoms with Gasteiger partial charge in [-0.05, 0) is 30.5 Å². The second-order valence-electron chi connectivity index (χ2n) is 7.19. The smallest absolute Gasteiger partial charge is 0.325 e. The predicted octanol–water partition coefficient (Wildman–Crippen LogP) is 2.68. The molecule has 0 saturated heterocycles. The molecule has 1 heterocycles. The highest BCUT2D eigenvalue weighted by Crippen LogP contribution is 2.12. The van der Waals surface area contributed by atoms with E-state index in [1.807, 2.05) is 73.8 Å². The summed E-state index contributed by atoms with van der Waals surface area (Å²) in [5.41, 5.74) is 17.7. The Morgan fingerprint density at radius 1 is 0.871 bits per heavy atom. The van der Waals surface area contributed by atoms with E-state index >= 15 is 0 Å². The Kier molecular flexibility index (Phi) is 7.11. The lowest BCUT2D eigenvalue weighted by molar-refractivity contribution is -0.135. The average molecular weight is 415 g/mol. The molecule has 0 aliphatic carbocycles. The van der Waals surface area contributed by atoms with Crippen LogP contribution in [0, 0.1) is 6.92 Å². The zero-order chi connectivity index (χ0) is 22.2. The van der Waals surface area contributed by atoms with Gasteiger partial charge in [-0.2, -0.15) is 0 Å². The lowest BCUT2D eigenvalue weighted by Crippen LogP contribution is -2.15. The number of hydrogen-bond donors (Lipinski definition) is 3. The van der Waals surface area contributed by atoms with E-state index in [4.69, 9.17) is 16.6 Å². The van der Waals surface area contributed by atoms with E-state index in [-0.39, 0.29) is 12.4 Å². The third-order valence-corrected chi connectivity index (χ3v) is 4.69. The van der Waals surface area contributed by atoms with Crippen molar-refractivity contribution in [2.24, 2.45) is 21.5 Å². The van der Waals surface area contributed by atoms with Crippen LogP contribution in [0.25, 0.3) is 0 Å². The molecule has 7 nitrogen and oxygen atoms in total. The summed E-state index contributed by atoms with van der Waals surface area (Å²) in [6.45, 7) is 2.11. The molecule has 2 aromatic carbocycles. The van der Waals surface area contributed by atoms with Crippen molar-refractivity contribution in [1.82, 2.24) is 4.98 Å². The zero-order valence-electron chi connectivity index (χ0n) is 17.3. The van der Waals surface area contributed by atoms with Gasteiger partial charge in [0.15, 0.2) is 0 Å². The predicted molar refractivity (Wildman–Crippen MR) is 122 cm³/mol. The number of benzene rings is 2. The summed E-state index contributed by atoms with van der Waals surface area (Å²) in [6.07, 6.45) is 2.55. The average Bonchev–Trinajstić information content (AvgIpc) is 2.77. The number of nitrogens with zero attached hydrogens (tertiary/aromatic N) is 3. The summed E-state index contributed by atoms with van der Waals surface area (Å²) in [4.78, 5) is 23.3. The van der Waals surface area contributed by atoms with Gasteiger partial charge in [0, 0.05) is 17.3 Å². The molecule has 0 atom stereocenters. The number of aliphatic carboxylic acids is 1. The Balaban J connectivity index is 1.59. The van der Waals surface area contributed by atoms with Crippen LogP contribution in [0.1, 0.15) is 33.5 Å². The first-order valence-electron chi connectivity index (χ1n) is 9.82. The fourth-order valence-corrected chi connectivity index (χ4v) is 2.91. The zero-order valence-corrected chi connectivity index (χ0v) is 17.3. The van der Waals surface area contributed by atoms with Gasteiger partial charge in [-0.3, -0.25) is 19.8 Å². The van der Waals surface area contributed by atoms with Gasteiger partial charge in [-0.25, -0.2) is 0 Å². The maximum Gasteiger partial charge on any atom is 0.325 e. The van der Waals surface area contributed by atoms with Crippen LogP contribution in [0.4, 0.5) is 0 Å². The van der Waals surface area contributed by atoms with Crippen LogP contribution in [-0.2, 0) is 17.8 Å². The highest BCUT2D eigenvalue weighted by Gasteiger charge is 2.03. The fraction of sp³-hybridized carbons (Fsp3) is 0.167. The van der Waals surface area contributed by atoms with E-state index in [0.29, 0.717) is 24.4 Å². The quantitative estimate of drug-likeness (QED) is 0.385. The molecule has 0 spiro atoms. The number of rotatable bonds is 8. The molecule has 0 amide bonds. The summed E-state index contributed by atoms with van der Waals surface area (Å²) in [5.74, 6) is -0.304. The lowest BCUT2D eigenvalue weighted by atomic mass is 10.0. The van der Waals surface area contributed by atoms with Gasteiger partial charge in [0.25, 0.3) is 0 Å². The molecule has 3 rings (SSSR count). The molecule has 158 valence electrons. The van der Waals surface area contributed by atoms with Crippen molar-refractivity contribution < 1.29 is 9.90 Å². The Bertz CT molecular complexity index is 1090. The number of carboxylic acids is 1. The molecule has 0 radical (unpaired) electrons. The van der Waals surface area contributed by atoms with E-state index in [0.717, 1.165) is 22.4 Å². The standard InChI is InChI=1S/C24H25N5O2/c1-16-2-7-19(8-3-16)23(25)28-14-21-11-6-18(13-27-21)12-17-4-9-20(10-5-17)24(26)29-15-22(30)31/h2-11,13H,12,14-15H2,1H3,(H2,25,28)(H2,26,29)(H,30,31). The van der Waals surface area contributed by atoms with Crippen LogP contribution >= 0.6 is 0 Å². The number of amidine groups is 2. The number of hydrogen-bond acceptors (Lipinski definition) is 4. The second-order valence-corrected chi connectivity index (χ2v) is 7.19. The minimum atomic E-state index is -1.01. The molecule has 0 fully saturated rings. The summed E-state index contributed by atoms with van der Waals surface area (Å²) < 4.78 is 0. The number of aromatic nitrogens is 1. The number of carbonyl (C=O) groups is 1. The highest BCUT2D eigenvalue weighted by atomic mass is 16.4. The summed E-state index contributed by atoms with van der Waals surface area (Å²) in [6, 6.07) is 19.5. The second kappa shape index (κ2) is 10.2. The molecular weight excluding hydrogens is 390 g/mol. The minimum Gasteiger partial charge on any atom is -0.480 e. The largest absolute Gasteiger partial charge is 0.480 e. The topological polar surface area (TPSA) is 127 Å². The van der Waals surface area contributed by atoms with Crippen molar-refractivity contribution in [3.05, 3.63) is 100 Å². The molecular formula is C24H25N5O2. The molecule has 5 N–H and O–H groups in total. The first kappa shape index (κ1) is 21.7. The maximum atomic E-state index is 10.6. The van der Waals surface area contributed by atoms with Gasteiger partial charge in [0.05, 0.1) is 12.2 Å². The van der Waals surface area contributed by atoms with Crippen molar-refractivity contribution in [2.45, 2.75) is 19.9 Å². The van der Waals surface area contributed by atoms with Crippen molar-refractivity contribution in [1.29, 1.82) is 0 Å². The van der Waals surface area contributed by atoms with Gasteiger partial charge in [-0.1, -0.05) is 60.2 Å². The van der Waals surface area contributed by atoms with E-state index < -0.39 is 5.97 Å². The summed E-state index contributed by atoms with van der Waals surface area (Å²) in [5, 5.41) is 8.68. The molecule has 7 heteroatoms. The van der Waals surface area contributed by atoms with Crippen molar-refractivity contribution in [3.8, 4) is 0 Å². The highest BCUT2D eigenvalue weighted by molar-refractivity contribution is 5.98. The Hall–Kier alpha value is -4.00. The van der Waals surface area contributed by atoms with Crippen LogP contribution in [0.3, 0.4) is 0 Å². The van der Waals surface area contributed by atoms with Crippen LogP contribution < -0.4 is 11.5 Å². The van der Waals surface area contributed by atoms with Crippen molar-refractivity contribution >= 4 is 17.6 Å². The minimum absolute atomic E-state index is 0.213. The maximum absolute atomic E-state index is 10.6. The normalized spacial score (nSPS) is 12.0. The number of pyridine rings is 1.